The summed E-state index contributed by atoms with van der Waals surface area (Å²) < 4.78 is 41.5. The highest BCUT2D eigenvalue weighted by Gasteiger charge is 2.21. The van der Waals surface area contributed by atoms with Gasteiger partial charge >= 0.3 is 0 Å². The molecule has 0 aliphatic carbocycles. The topological polar surface area (TPSA) is 160 Å². The molecule has 1 aliphatic rings. The lowest BCUT2D eigenvalue weighted by atomic mass is 10.1. The largest absolute Gasteiger partial charge is 0.389 e. The molecule has 4 N–H and O–H groups in total. The van der Waals surface area contributed by atoms with Crippen molar-refractivity contribution >= 4 is 29.0 Å². The second-order valence-electron chi connectivity index (χ2n) is 16.4. The van der Waals surface area contributed by atoms with Gasteiger partial charge in [-0.25, -0.2) is 27.8 Å². The number of nitrogens with one attached hydrogen (secondary N) is 2. The monoisotopic (exact) mass is 852 g/mol. The van der Waals surface area contributed by atoms with Crippen molar-refractivity contribution in [1.82, 2.24) is 29.2 Å². The molecule has 0 unspecified atom stereocenters. The summed E-state index contributed by atoms with van der Waals surface area (Å²) in [6.07, 6.45) is 3.94. The summed E-state index contributed by atoms with van der Waals surface area (Å²) >= 11 is 0. The zero-order valence-electron chi connectivity index (χ0n) is 35.1. The van der Waals surface area contributed by atoms with E-state index in [1.807, 2.05) is 48.5 Å². The van der Waals surface area contributed by atoms with Gasteiger partial charge in [0.2, 0.25) is 0 Å². The van der Waals surface area contributed by atoms with Crippen molar-refractivity contribution in [2.75, 3.05) is 36.9 Å². The van der Waals surface area contributed by atoms with Crippen molar-refractivity contribution < 1.29 is 33.3 Å². The molecular weight excluding hydrogens is 807 g/mol. The number of aliphatic hydroxyl groups is 2. The maximum Gasteiger partial charge on any atom is 0.184 e. The molecule has 1 fully saturated rings. The summed E-state index contributed by atoms with van der Waals surface area (Å²) in [6, 6.07) is 31.1. The minimum Gasteiger partial charge on any atom is -0.389 e. The van der Waals surface area contributed by atoms with Crippen LogP contribution >= 0.6 is 0 Å². The van der Waals surface area contributed by atoms with Crippen molar-refractivity contribution in [1.29, 1.82) is 0 Å². The average molecular weight is 853 g/mol. The third kappa shape index (κ3) is 10.1. The number of fused-ring (bicyclic) bond motifs is 2. The Labute approximate surface area is 362 Å². The first kappa shape index (κ1) is 42.8. The van der Waals surface area contributed by atoms with Gasteiger partial charge in [-0.15, -0.1) is 0 Å². The average Bonchev–Trinajstić information content (AvgIpc) is 4.06. The van der Waals surface area contributed by atoms with Gasteiger partial charge in [0.1, 0.15) is 17.9 Å². The Morgan fingerprint density at radius 3 is 1.43 bits per heavy atom. The van der Waals surface area contributed by atoms with E-state index >= 15 is 0 Å². The van der Waals surface area contributed by atoms with E-state index < -0.39 is 11.2 Å². The first-order valence-corrected chi connectivity index (χ1v) is 20.3. The SMILES string of the molecule is CC(C)(O)CNc1cc(-c2ccc(F)cc2)nn2c(-c3ccc(C4OCCO4)cc3)cnc12.CC(C)(O)CNc1cc(-c2ccc(F)cc2)nn2c(-c3ccc(C=O)cc3)cnc12. The van der Waals surface area contributed by atoms with Crippen LogP contribution in [0, 0.1) is 11.6 Å². The Hall–Kier alpha value is -6.91. The van der Waals surface area contributed by atoms with Gasteiger partial charge in [0, 0.05) is 46.5 Å². The molecule has 0 amide bonds. The van der Waals surface area contributed by atoms with Gasteiger partial charge in [-0.05, 0) is 88.4 Å². The van der Waals surface area contributed by atoms with Crippen LogP contribution in [-0.4, -0.2) is 83.2 Å². The maximum atomic E-state index is 13.5. The number of anilines is 2. The number of carbonyl (C=O) groups is 1. The van der Waals surface area contributed by atoms with Crippen LogP contribution in [-0.2, 0) is 9.47 Å². The number of aldehydes is 1. The van der Waals surface area contributed by atoms with Gasteiger partial charge in [0.05, 0.1) is 71.0 Å². The molecule has 13 nitrogen and oxygen atoms in total. The molecular formula is C48H46F2N8O5. The maximum absolute atomic E-state index is 13.5. The summed E-state index contributed by atoms with van der Waals surface area (Å²) in [5.41, 5.74) is 8.50. The van der Waals surface area contributed by atoms with E-state index in [2.05, 4.69) is 20.6 Å². The molecule has 9 rings (SSSR count). The highest BCUT2D eigenvalue weighted by Crippen LogP contribution is 2.32. The molecule has 1 aliphatic heterocycles. The van der Waals surface area contributed by atoms with Crippen LogP contribution < -0.4 is 10.6 Å². The van der Waals surface area contributed by atoms with Crippen LogP contribution in [0.5, 0.6) is 0 Å². The zero-order valence-corrected chi connectivity index (χ0v) is 35.1. The number of carbonyl (C=O) groups excluding carboxylic acids is 1. The molecule has 0 saturated carbocycles. The Balaban J connectivity index is 0.000000174. The van der Waals surface area contributed by atoms with Gasteiger partial charge in [-0.1, -0.05) is 48.5 Å². The van der Waals surface area contributed by atoms with E-state index in [1.54, 1.807) is 85.5 Å². The zero-order chi connectivity index (χ0) is 44.3. The number of nitrogens with zero attached hydrogens (tertiary/aromatic N) is 6. The van der Waals surface area contributed by atoms with Crippen LogP contribution in [0.4, 0.5) is 20.2 Å². The first-order valence-electron chi connectivity index (χ1n) is 20.3. The highest BCUT2D eigenvalue weighted by molar-refractivity contribution is 5.80. The summed E-state index contributed by atoms with van der Waals surface area (Å²) in [6.45, 7) is 8.72. The second-order valence-corrected chi connectivity index (χ2v) is 16.4. The smallest absolute Gasteiger partial charge is 0.184 e. The van der Waals surface area contributed by atoms with Crippen molar-refractivity contribution in [2.45, 2.75) is 45.2 Å². The summed E-state index contributed by atoms with van der Waals surface area (Å²) in [7, 11) is 0. The molecule has 15 heteroatoms. The molecule has 8 aromatic rings. The first-order chi connectivity index (χ1) is 30.2. The van der Waals surface area contributed by atoms with Crippen molar-refractivity contribution in [3.05, 3.63) is 144 Å². The van der Waals surface area contributed by atoms with Gasteiger partial charge in [-0.3, -0.25) is 4.79 Å². The Bertz CT molecular complexity index is 2850. The summed E-state index contributed by atoms with van der Waals surface area (Å²) in [4.78, 5) is 20.1. The van der Waals surface area contributed by atoms with Gasteiger partial charge in [-0.2, -0.15) is 10.2 Å². The molecule has 0 bridgehead atoms. The number of ether oxygens (including phenoxy) is 2. The normalized spacial score (nSPS) is 13.3. The number of aromatic nitrogens is 6. The van der Waals surface area contributed by atoms with Crippen molar-refractivity contribution in [3.63, 3.8) is 0 Å². The lowest BCUT2D eigenvalue weighted by molar-refractivity contribution is -0.0441. The van der Waals surface area contributed by atoms with Crippen molar-refractivity contribution in [3.8, 4) is 45.0 Å². The minimum absolute atomic E-state index is 0.307. The minimum atomic E-state index is -0.920. The third-order valence-electron chi connectivity index (χ3n) is 10.1. The van der Waals surface area contributed by atoms with E-state index in [4.69, 9.17) is 19.7 Å². The standard InChI is InChI=1S/C25H25FN4O3.C23H21FN4O2/c1-25(2,31)15-28-21-13-20(16-7-9-19(26)10-8-16)29-30-22(14-27-23(21)30)17-3-5-18(6-4-17)24-32-11-12-33-24;1-23(2,30)14-26-20-11-19(16-7-9-18(24)10-8-16)27-28-21(12-25-22(20)28)17-5-3-15(13-29)4-6-17/h3-10,13-14,24,28,31H,11-12,15H2,1-2H3;3-13,26,30H,14H2,1-2H3. The molecule has 4 aromatic heterocycles. The fraction of sp³-hybridized carbons (Fsp3) is 0.229. The Morgan fingerprint density at radius 2 is 1.03 bits per heavy atom. The number of halogens is 2. The van der Waals surface area contributed by atoms with Gasteiger partial charge in [0.15, 0.2) is 17.6 Å². The molecule has 322 valence electrons. The molecule has 0 spiro atoms. The van der Waals surface area contributed by atoms with E-state index in [1.165, 1.54) is 24.3 Å². The van der Waals surface area contributed by atoms with Crippen LogP contribution in [0.2, 0.25) is 0 Å². The van der Waals surface area contributed by atoms with Crippen LogP contribution in [0.25, 0.3) is 56.3 Å². The molecule has 0 atom stereocenters. The number of hydrogen-bond acceptors (Lipinski definition) is 11. The summed E-state index contributed by atoms with van der Waals surface area (Å²) in [5.74, 6) is -0.627. The van der Waals surface area contributed by atoms with Gasteiger partial charge < -0.3 is 30.3 Å². The highest BCUT2D eigenvalue weighted by atomic mass is 19.1. The predicted molar refractivity (Wildman–Crippen MR) is 237 cm³/mol. The third-order valence-corrected chi connectivity index (χ3v) is 10.1. The Kier molecular flexibility index (Phi) is 12.1. The van der Waals surface area contributed by atoms with Gasteiger partial charge in [0.25, 0.3) is 0 Å². The lowest BCUT2D eigenvalue weighted by Crippen LogP contribution is -2.29. The molecule has 5 heterocycles. The molecule has 0 radical (unpaired) electrons. The summed E-state index contributed by atoms with van der Waals surface area (Å²) in [5, 5.41) is 36.4. The lowest BCUT2D eigenvalue weighted by Gasteiger charge is -2.19. The Morgan fingerprint density at radius 1 is 0.635 bits per heavy atom. The van der Waals surface area contributed by atoms with Crippen LogP contribution in [0.3, 0.4) is 0 Å². The van der Waals surface area contributed by atoms with E-state index in [9.17, 15) is 23.8 Å². The number of hydrogen-bond donors (Lipinski definition) is 4. The number of benzene rings is 4. The van der Waals surface area contributed by atoms with Crippen LogP contribution in [0.1, 0.15) is 49.9 Å². The second kappa shape index (κ2) is 17.8. The molecule has 4 aromatic carbocycles. The van der Waals surface area contributed by atoms with E-state index in [0.717, 1.165) is 51.2 Å². The van der Waals surface area contributed by atoms with E-state index in [-0.39, 0.29) is 17.9 Å². The van der Waals surface area contributed by atoms with Crippen molar-refractivity contribution in [2.24, 2.45) is 0 Å². The number of rotatable bonds is 12. The quantitative estimate of drug-likeness (QED) is 0.0872. The predicted octanol–water partition coefficient (Wildman–Crippen LogP) is 8.63. The molecule has 1 saturated heterocycles. The molecule has 63 heavy (non-hydrogen) atoms. The number of imidazole rings is 2. The fourth-order valence-corrected chi connectivity index (χ4v) is 6.83. The van der Waals surface area contributed by atoms with E-state index in [0.29, 0.717) is 60.2 Å². The fourth-order valence-electron chi connectivity index (χ4n) is 6.83. The van der Waals surface area contributed by atoms with Crippen LogP contribution in [0.15, 0.2) is 122 Å².